The molecule has 1 aromatic rings. The van der Waals surface area contributed by atoms with Gasteiger partial charge in [0.2, 0.25) is 0 Å². The van der Waals surface area contributed by atoms with Crippen molar-refractivity contribution in [1.29, 1.82) is 0 Å². The molecule has 0 bridgehead atoms. The third kappa shape index (κ3) is 6.13. The molecule has 2 amide bonds. The molecule has 3 N–H and O–H groups in total. The average Bonchev–Trinajstić information content (AvgIpc) is 2.36. The summed E-state index contributed by atoms with van der Waals surface area (Å²) in [6.07, 6.45) is 6.43. The number of carboxylic acids is 1. The lowest BCUT2D eigenvalue weighted by molar-refractivity contribution is -0.136. The largest absolute Gasteiger partial charge is 0.481 e. The Hall–Kier alpha value is -2.48. The maximum absolute atomic E-state index is 11.5. The van der Waals surface area contributed by atoms with Crippen LogP contribution in [-0.4, -0.2) is 23.7 Å². The van der Waals surface area contributed by atoms with E-state index in [4.69, 9.17) is 11.5 Å². The summed E-state index contributed by atoms with van der Waals surface area (Å²) in [4.78, 5) is 22.0. The van der Waals surface area contributed by atoms with E-state index in [0.29, 0.717) is 24.2 Å². The van der Waals surface area contributed by atoms with E-state index >= 15 is 0 Å². The van der Waals surface area contributed by atoms with E-state index < -0.39 is 5.97 Å². The predicted molar refractivity (Wildman–Crippen MR) is 72.9 cm³/mol. The third-order valence-corrected chi connectivity index (χ3v) is 2.35. The van der Waals surface area contributed by atoms with Crippen molar-refractivity contribution in [3.8, 4) is 12.3 Å². The lowest BCUT2D eigenvalue weighted by atomic mass is 10.1. The van der Waals surface area contributed by atoms with E-state index in [1.807, 2.05) is 0 Å². The Balaban J connectivity index is 2.38. The molecule has 0 aromatic heterocycles. The number of terminal acetylenes is 1. The van der Waals surface area contributed by atoms with Crippen molar-refractivity contribution in [3.05, 3.63) is 29.8 Å². The highest BCUT2D eigenvalue weighted by Crippen LogP contribution is 2.09. The first-order valence-corrected chi connectivity index (χ1v) is 5.91. The SMILES string of the molecule is C#CCCCNC(=O)Nc1ccc(CC(=O)O)cc1. The summed E-state index contributed by atoms with van der Waals surface area (Å²) < 4.78 is 0. The van der Waals surface area contributed by atoms with Gasteiger partial charge >= 0.3 is 12.0 Å². The Kier molecular flexibility index (Phi) is 5.96. The van der Waals surface area contributed by atoms with Gasteiger partial charge in [-0.2, -0.15) is 0 Å². The summed E-state index contributed by atoms with van der Waals surface area (Å²) in [6.45, 7) is 0.521. The van der Waals surface area contributed by atoms with Crippen LogP contribution in [0.5, 0.6) is 0 Å². The van der Waals surface area contributed by atoms with Gasteiger partial charge in [0.05, 0.1) is 6.42 Å². The molecule has 0 fully saturated rings. The van der Waals surface area contributed by atoms with E-state index in [9.17, 15) is 9.59 Å². The maximum atomic E-state index is 11.5. The molecule has 0 atom stereocenters. The molecule has 0 saturated carbocycles. The molecule has 0 aliphatic heterocycles. The van der Waals surface area contributed by atoms with Gasteiger partial charge in [-0.3, -0.25) is 4.79 Å². The fourth-order valence-corrected chi connectivity index (χ4v) is 1.45. The highest BCUT2D eigenvalue weighted by Gasteiger charge is 2.02. The van der Waals surface area contributed by atoms with Crippen LogP contribution in [0.15, 0.2) is 24.3 Å². The first kappa shape index (κ1) is 14.6. The number of nitrogens with one attached hydrogen (secondary N) is 2. The third-order valence-electron chi connectivity index (χ3n) is 2.35. The molecule has 0 radical (unpaired) electrons. The van der Waals surface area contributed by atoms with Gasteiger partial charge in [-0.05, 0) is 24.1 Å². The molecule has 5 heteroatoms. The zero-order chi connectivity index (χ0) is 14.1. The molecule has 1 aromatic carbocycles. The Bertz CT molecular complexity index is 474. The zero-order valence-corrected chi connectivity index (χ0v) is 10.5. The van der Waals surface area contributed by atoms with Gasteiger partial charge in [0.15, 0.2) is 0 Å². The first-order chi connectivity index (χ1) is 9.11. The van der Waals surface area contributed by atoms with Crippen LogP contribution in [0.4, 0.5) is 10.5 Å². The summed E-state index contributed by atoms with van der Waals surface area (Å²) in [7, 11) is 0. The van der Waals surface area contributed by atoms with E-state index in [-0.39, 0.29) is 12.5 Å². The van der Waals surface area contributed by atoms with Gasteiger partial charge in [-0.15, -0.1) is 12.3 Å². The number of carbonyl (C=O) groups is 2. The van der Waals surface area contributed by atoms with Crippen LogP contribution < -0.4 is 10.6 Å². The minimum Gasteiger partial charge on any atom is -0.481 e. The number of rotatable bonds is 6. The van der Waals surface area contributed by atoms with Crippen LogP contribution in [-0.2, 0) is 11.2 Å². The molecule has 0 heterocycles. The van der Waals surface area contributed by atoms with E-state index in [2.05, 4.69) is 16.6 Å². The molecule has 0 spiro atoms. The minimum absolute atomic E-state index is 0.0292. The summed E-state index contributed by atoms with van der Waals surface area (Å²) in [5, 5.41) is 14.0. The summed E-state index contributed by atoms with van der Waals surface area (Å²) >= 11 is 0. The zero-order valence-electron chi connectivity index (χ0n) is 10.5. The van der Waals surface area contributed by atoms with E-state index in [1.54, 1.807) is 24.3 Å². The van der Waals surface area contributed by atoms with Crippen LogP contribution in [0.25, 0.3) is 0 Å². The number of hydrogen-bond acceptors (Lipinski definition) is 2. The van der Waals surface area contributed by atoms with Crippen LogP contribution >= 0.6 is 0 Å². The van der Waals surface area contributed by atoms with Crippen molar-refractivity contribution in [2.45, 2.75) is 19.3 Å². The second-order valence-electron chi connectivity index (χ2n) is 3.96. The highest BCUT2D eigenvalue weighted by atomic mass is 16.4. The normalized spacial score (nSPS) is 9.42. The monoisotopic (exact) mass is 260 g/mol. The van der Waals surface area contributed by atoms with Crippen LogP contribution in [0.3, 0.4) is 0 Å². The Morgan fingerprint density at radius 2 is 1.95 bits per heavy atom. The summed E-state index contributed by atoms with van der Waals surface area (Å²) in [6, 6.07) is 6.37. The molecule has 0 aliphatic rings. The summed E-state index contributed by atoms with van der Waals surface area (Å²) in [5.74, 6) is 1.61. The molecule has 1 rings (SSSR count). The average molecular weight is 260 g/mol. The lowest BCUT2D eigenvalue weighted by Crippen LogP contribution is -2.29. The quantitative estimate of drug-likeness (QED) is 0.539. The van der Waals surface area contributed by atoms with Crippen LogP contribution in [0.1, 0.15) is 18.4 Å². The van der Waals surface area contributed by atoms with Gasteiger partial charge in [-0.25, -0.2) is 4.79 Å². The van der Waals surface area contributed by atoms with Crippen LogP contribution in [0, 0.1) is 12.3 Å². The predicted octanol–water partition coefficient (Wildman–Crippen LogP) is 1.85. The first-order valence-electron chi connectivity index (χ1n) is 5.91. The molecule has 0 aliphatic carbocycles. The smallest absolute Gasteiger partial charge is 0.319 e. The van der Waals surface area contributed by atoms with Gasteiger partial charge in [0.25, 0.3) is 0 Å². The molecule has 0 saturated heterocycles. The Morgan fingerprint density at radius 1 is 1.26 bits per heavy atom. The van der Waals surface area contributed by atoms with Gasteiger partial charge in [-0.1, -0.05) is 12.1 Å². The highest BCUT2D eigenvalue weighted by molar-refractivity contribution is 5.89. The number of hydrogen-bond donors (Lipinski definition) is 3. The van der Waals surface area contributed by atoms with Crippen molar-refractivity contribution in [3.63, 3.8) is 0 Å². The fourth-order valence-electron chi connectivity index (χ4n) is 1.45. The van der Waals surface area contributed by atoms with Crippen molar-refractivity contribution in [1.82, 2.24) is 5.32 Å². The number of amides is 2. The van der Waals surface area contributed by atoms with E-state index in [1.165, 1.54) is 0 Å². The molecule has 100 valence electrons. The van der Waals surface area contributed by atoms with Crippen molar-refractivity contribution >= 4 is 17.7 Å². The number of unbranched alkanes of at least 4 members (excludes halogenated alkanes) is 1. The topological polar surface area (TPSA) is 78.4 Å². The van der Waals surface area contributed by atoms with Gasteiger partial charge < -0.3 is 15.7 Å². The standard InChI is InChI=1S/C14H16N2O3/c1-2-3-4-9-15-14(19)16-12-7-5-11(6-8-12)10-13(17)18/h1,5-8H,3-4,9-10H2,(H,17,18)(H2,15,16,19). The second kappa shape index (κ2) is 7.77. The summed E-state index contributed by atoms with van der Waals surface area (Å²) in [5.41, 5.74) is 1.30. The molecular formula is C14H16N2O3. The maximum Gasteiger partial charge on any atom is 0.319 e. The van der Waals surface area contributed by atoms with Crippen LogP contribution in [0.2, 0.25) is 0 Å². The number of benzene rings is 1. The molecular weight excluding hydrogens is 244 g/mol. The number of carbonyl (C=O) groups excluding carboxylic acids is 1. The number of aliphatic carboxylic acids is 1. The van der Waals surface area contributed by atoms with Gasteiger partial charge in [0.1, 0.15) is 0 Å². The molecule has 19 heavy (non-hydrogen) atoms. The number of urea groups is 1. The van der Waals surface area contributed by atoms with Crippen molar-refractivity contribution in [2.75, 3.05) is 11.9 Å². The lowest BCUT2D eigenvalue weighted by Gasteiger charge is -2.07. The number of anilines is 1. The van der Waals surface area contributed by atoms with Crippen molar-refractivity contribution < 1.29 is 14.7 Å². The molecule has 5 nitrogen and oxygen atoms in total. The Labute approximate surface area is 112 Å². The minimum atomic E-state index is -0.882. The van der Waals surface area contributed by atoms with Gasteiger partial charge in [0, 0.05) is 18.7 Å². The Morgan fingerprint density at radius 3 is 2.53 bits per heavy atom. The second-order valence-corrected chi connectivity index (χ2v) is 3.96. The van der Waals surface area contributed by atoms with Crippen molar-refractivity contribution in [2.24, 2.45) is 0 Å². The molecule has 0 unspecified atom stereocenters. The number of carboxylic acid groups (broad SMARTS) is 1. The fraction of sp³-hybridized carbons (Fsp3) is 0.286. The van der Waals surface area contributed by atoms with E-state index in [0.717, 1.165) is 6.42 Å².